The molecule has 0 radical (unpaired) electrons. The van der Waals surface area contributed by atoms with Crippen LogP contribution in [-0.2, 0) is 32.7 Å². The Balaban J connectivity index is 1.44. The Bertz CT molecular complexity index is 1490. The maximum atomic E-state index is 13.1. The number of sulfonamides is 1. The summed E-state index contributed by atoms with van der Waals surface area (Å²) in [5, 5.41) is 11.7. The van der Waals surface area contributed by atoms with Crippen LogP contribution in [0.1, 0.15) is 33.9 Å². The van der Waals surface area contributed by atoms with Crippen molar-refractivity contribution < 1.29 is 23.1 Å². The first kappa shape index (κ1) is 28.5. The number of carboxylic acid groups (broad SMARTS) is 1. The van der Waals surface area contributed by atoms with Crippen molar-refractivity contribution in [2.24, 2.45) is 0 Å². The van der Waals surface area contributed by atoms with E-state index in [1.807, 2.05) is 60.7 Å². The van der Waals surface area contributed by atoms with Crippen molar-refractivity contribution in [3.63, 3.8) is 0 Å². The molecule has 1 N–H and O–H groups in total. The number of amides is 1. The van der Waals surface area contributed by atoms with Gasteiger partial charge in [-0.2, -0.15) is 0 Å². The summed E-state index contributed by atoms with van der Waals surface area (Å²) in [5.41, 5.74) is 2.83. The third kappa shape index (κ3) is 7.77. The molecule has 3 aromatic carbocycles. The standard InChI is InChI=1S/C29H27ClN2O5S2/c30-24-13-7-8-21(18-24)19-32(28(33)29(34)35)20-25-14-15-27(38-25)39(36,37)31-17-16-26(22-9-3-1-4-10-22)23-11-5-2-6-12-23/h1-15,18,26,31H,16-17,19-20H2,(H,34,35)/p-1. The normalized spacial score (nSPS) is 11.4. The zero-order chi connectivity index (χ0) is 27.8. The minimum Gasteiger partial charge on any atom is -0.540 e. The molecule has 0 spiro atoms. The van der Waals surface area contributed by atoms with E-state index in [0.29, 0.717) is 21.9 Å². The van der Waals surface area contributed by atoms with Gasteiger partial charge in [0.15, 0.2) is 0 Å². The lowest BCUT2D eigenvalue weighted by molar-refractivity contribution is -0.301. The fourth-order valence-corrected chi connectivity index (χ4v) is 6.94. The van der Waals surface area contributed by atoms with Gasteiger partial charge >= 0.3 is 0 Å². The van der Waals surface area contributed by atoms with Gasteiger partial charge in [-0.05, 0) is 47.4 Å². The van der Waals surface area contributed by atoms with Gasteiger partial charge in [0.25, 0.3) is 5.91 Å². The summed E-state index contributed by atoms with van der Waals surface area (Å²) < 4.78 is 28.9. The van der Waals surface area contributed by atoms with E-state index in [-0.39, 0.29) is 29.8 Å². The quantitative estimate of drug-likeness (QED) is 0.267. The molecule has 1 heterocycles. The fraction of sp³-hybridized carbons (Fsp3) is 0.172. The first-order valence-corrected chi connectivity index (χ1v) is 14.8. The molecule has 0 saturated carbocycles. The third-order valence-electron chi connectivity index (χ3n) is 6.10. The van der Waals surface area contributed by atoms with Crippen molar-refractivity contribution in [1.29, 1.82) is 0 Å². The van der Waals surface area contributed by atoms with Crippen molar-refractivity contribution in [3.05, 3.63) is 124 Å². The second kappa shape index (κ2) is 13.0. The Morgan fingerprint density at radius 2 is 1.51 bits per heavy atom. The summed E-state index contributed by atoms with van der Waals surface area (Å²) in [7, 11) is -3.82. The lowest BCUT2D eigenvalue weighted by atomic mass is 9.89. The number of thiophene rings is 1. The minimum absolute atomic E-state index is 0.0182. The van der Waals surface area contributed by atoms with E-state index in [1.165, 1.54) is 6.07 Å². The summed E-state index contributed by atoms with van der Waals surface area (Å²) in [5.74, 6) is -3.02. The second-order valence-electron chi connectivity index (χ2n) is 8.86. The monoisotopic (exact) mass is 581 g/mol. The van der Waals surface area contributed by atoms with Crippen molar-refractivity contribution in [2.45, 2.75) is 29.6 Å². The summed E-state index contributed by atoms with van der Waals surface area (Å²) in [6.07, 6.45) is 0.555. The van der Waals surface area contributed by atoms with Gasteiger partial charge in [0, 0.05) is 28.9 Å². The topological polar surface area (TPSA) is 107 Å². The molecular weight excluding hydrogens is 556 g/mol. The lowest BCUT2D eigenvalue weighted by Gasteiger charge is -2.22. The van der Waals surface area contributed by atoms with Gasteiger partial charge in [-0.25, -0.2) is 13.1 Å². The van der Waals surface area contributed by atoms with Crippen LogP contribution in [0.4, 0.5) is 0 Å². The van der Waals surface area contributed by atoms with Crippen molar-refractivity contribution in [3.8, 4) is 0 Å². The number of aliphatic carboxylic acids is 1. The van der Waals surface area contributed by atoms with Crippen molar-refractivity contribution in [2.75, 3.05) is 6.54 Å². The number of rotatable bonds is 11. The number of hydrogen-bond acceptors (Lipinski definition) is 6. The molecule has 1 aromatic heterocycles. The molecule has 0 saturated heterocycles. The van der Waals surface area contributed by atoms with Crippen LogP contribution in [0, 0.1) is 0 Å². The highest BCUT2D eigenvalue weighted by atomic mass is 35.5. The van der Waals surface area contributed by atoms with Gasteiger partial charge in [-0.15, -0.1) is 11.3 Å². The van der Waals surface area contributed by atoms with Gasteiger partial charge < -0.3 is 14.8 Å². The van der Waals surface area contributed by atoms with Gasteiger partial charge in [0.1, 0.15) is 10.2 Å². The number of carboxylic acids is 1. The highest BCUT2D eigenvalue weighted by Crippen LogP contribution is 2.28. The molecule has 0 fully saturated rings. The highest BCUT2D eigenvalue weighted by molar-refractivity contribution is 7.91. The number of carbonyl (C=O) groups excluding carboxylic acids is 2. The largest absolute Gasteiger partial charge is 0.540 e. The maximum Gasteiger partial charge on any atom is 0.270 e. The highest BCUT2D eigenvalue weighted by Gasteiger charge is 2.21. The first-order valence-electron chi connectivity index (χ1n) is 12.2. The van der Waals surface area contributed by atoms with Gasteiger partial charge in [-0.3, -0.25) is 4.79 Å². The number of halogens is 1. The molecule has 0 aliphatic rings. The van der Waals surface area contributed by atoms with Crippen LogP contribution in [0.25, 0.3) is 0 Å². The van der Waals surface area contributed by atoms with Gasteiger partial charge in [0.05, 0.1) is 6.54 Å². The van der Waals surface area contributed by atoms with E-state index >= 15 is 0 Å². The van der Waals surface area contributed by atoms with Crippen LogP contribution in [0.15, 0.2) is 101 Å². The van der Waals surface area contributed by atoms with Crippen LogP contribution in [0.5, 0.6) is 0 Å². The molecule has 39 heavy (non-hydrogen) atoms. The van der Waals surface area contributed by atoms with Crippen molar-refractivity contribution >= 4 is 44.8 Å². The molecule has 7 nitrogen and oxygen atoms in total. The van der Waals surface area contributed by atoms with E-state index in [0.717, 1.165) is 27.4 Å². The molecule has 0 atom stereocenters. The number of nitrogens with one attached hydrogen (secondary N) is 1. The number of carbonyl (C=O) groups is 2. The molecule has 10 heteroatoms. The molecule has 0 unspecified atom stereocenters. The van der Waals surface area contributed by atoms with Crippen LogP contribution in [0.3, 0.4) is 0 Å². The van der Waals surface area contributed by atoms with E-state index in [9.17, 15) is 23.1 Å². The Morgan fingerprint density at radius 1 is 0.872 bits per heavy atom. The second-order valence-corrected chi connectivity index (χ2v) is 12.5. The zero-order valence-corrected chi connectivity index (χ0v) is 23.2. The summed E-state index contributed by atoms with van der Waals surface area (Å²) in [6, 6.07) is 29.6. The van der Waals surface area contributed by atoms with Crippen LogP contribution >= 0.6 is 22.9 Å². The Kier molecular flexibility index (Phi) is 9.53. The Labute approximate surface area is 236 Å². The summed E-state index contributed by atoms with van der Waals surface area (Å²) in [6.45, 7) is 0.101. The van der Waals surface area contributed by atoms with E-state index in [4.69, 9.17) is 11.6 Å². The number of hydrogen-bond donors (Lipinski definition) is 1. The Hall–Kier alpha value is -3.50. The average molecular weight is 582 g/mol. The smallest absolute Gasteiger partial charge is 0.270 e. The average Bonchev–Trinajstić information content (AvgIpc) is 3.41. The fourth-order valence-electron chi connectivity index (χ4n) is 4.27. The molecule has 0 aliphatic heterocycles. The third-order valence-corrected chi connectivity index (χ3v) is 9.36. The predicted octanol–water partition coefficient (Wildman–Crippen LogP) is 4.18. The molecule has 0 bridgehead atoms. The van der Waals surface area contributed by atoms with Crippen LogP contribution in [-0.4, -0.2) is 31.7 Å². The number of benzene rings is 3. The minimum atomic E-state index is -3.82. The summed E-state index contributed by atoms with van der Waals surface area (Å²) in [4.78, 5) is 25.2. The summed E-state index contributed by atoms with van der Waals surface area (Å²) >= 11 is 6.99. The van der Waals surface area contributed by atoms with Gasteiger partial charge in [-0.1, -0.05) is 84.4 Å². The van der Waals surface area contributed by atoms with Gasteiger partial charge in [0.2, 0.25) is 10.0 Å². The Morgan fingerprint density at radius 3 is 2.10 bits per heavy atom. The number of nitrogens with zero attached hydrogens (tertiary/aromatic N) is 1. The molecular formula is C29H26ClN2O5S2-. The van der Waals surface area contributed by atoms with Crippen LogP contribution in [0.2, 0.25) is 5.02 Å². The van der Waals surface area contributed by atoms with E-state index in [1.54, 1.807) is 30.3 Å². The SMILES string of the molecule is O=C([O-])C(=O)N(Cc1cccc(Cl)c1)Cc1ccc(S(=O)(=O)NCCC(c2ccccc2)c2ccccc2)s1. The predicted molar refractivity (Wildman–Crippen MR) is 150 cm³/mol. The van der Waals surface area contributed by atoms with Crippen LogP contribution < -0.4 is 9.83 Å². The van der Waals surface area contributed by atoms with E-state index < -0.39 is 21.9 Å². The van der Waals surface area contributed by atoms with Crippen molar-refractivity contribution in [1.82, 2.24) is 9.62 Å². The lowest BCUT2D eigenvalue weighted by Crippen LogP contribution is -2.43. The molecule has 202 valence electrons. The van der Waals surface area contributed by atoms with E-state index in [2.05, 4.69) is 4.72 Å². The first-order chi connectivity index (χ1) is 18.7. The molecule has 0 aliphatic carbocycles. The maximum absolute atomic E-state index is 13.1. The molecule has 4 aromatic rings. The zero-order valence-electron chi connectivity index (χ0n) is 20.8. The molecule has 4 rings (SSSR count). The molecule has 1 amide bonds.